The first-order valence-electron chi connectivity index (χ1n) is 3.77. The van der Waals surface area contributed by atoms with Crippen molar-refractivity contribution in [2.45, 2.75) is 33.9 Å². The molecule has 0 aromatic heterocycles. The van der Waals surface area contributed by atoms with E-state index in [-0.39, 0.29) is 0 Å². The molecule has 0 heterocycles. The van der Waals surface area contributed by atoms with Crippen LogP contribution in [0, 0.1) is 0 Å². The lowest BCUT2D eigenvalue weighted by molar-refractivity contribution is -0.437. The molecule has 0 bridgehead atoms. The summed E-state index contributed by atoms with van der Waals surface area (Å²) in [5.41, 5.74) is 0. The number of hydrogen-bond acceptors (Lipinski definition) is 0. The molecule has 0 saturated heterocycles. The zero-order valence-corrected chi connectivity index (χ0v) is 9.05. The van der Waals surface area contributed by atoms with Crippen molar-refractivity contribution in [3.63, 3.8) is 0 Å². The first-order chi connectivity index (χ1) is 7.50. The zero-order valence-electron chi connectivity index (χ0n) is 7.54. The Kier molecular flexibility index (Phi) is 2.93. The largest absolute Gasteiger partial charge is 0.383 e. The highest BCUT2D eigenvalue weighted by Gasteiger charge is 3.00. The van der Waals surface area contributed by atoms with Gasteiger partial charge in [0.05, 0.1) is 0 Å². The van der Waals surface area contributed by atoms with Crippen molar-refractivity contribution in [2.75, 3.05) is 0 Å². The molecule has 2 atom stereocenters. The van der Waals surface area contributed by atoms with E-state index >= 15 is 0 Å². The maximum atomic E-state index is 13.0. The van der Waals surface area contributed by atoms with Gasteiger partial charge in [-0.2, -0.15) is 35.1 Å². The molecule has 0 nitrogen and oxygen atoms in total. The van der Waals surface area contributed by atoms with Crippen molar-refractivity contribution in [2.24, 2.45) is 0 Å². The monoisotopic (exact) mass is 332 g/mol. The predicted molar refractivity (Wildman–Crippen MR) is 39.2 cm³/mol. The normalized spacial score (nSPS) is 44.7. The van der Waals surface area contributed by atoms with Gasteiger partial charge in [0, 0.05) is 0 Å². The van der Waals surface area contributed by atoms with Crippen LogP contribution in [0.3, 0.4) is 0 Å². The Bertz CT molecular complexity index is 256. The lowest BCUT2D eigenvalue weighted by atomic mass is 9.82. The van der Waals surface area contributed by atoms with Gasteiger partial charge in [-0.1, -0.05) is 23.2 Å². The molecule has 12 heteroatoms. The average Bonchev–Trinajstić information content (AvgIpc) is 2.14. The summed E-state index contributed by atoms with van der Waals surface area (Å²) in [4.78, 5) is 0. The van der Waals surface area contributed by atoms with E-state index in [4.69, 9.17) is 0 Å². The summed E-state index contributed by atoms with van der Waals surface area (Å²) >= 11 is 7.87. The number of hydrogen-bond donors (Lipinski definition) is 0. The second-order valence-corrected chi connectivity index (χ2v) is 4.49. The molecule has 2 unspecified atom stereocenters. The third-order valence-corrected chi connectivity index (χ3v) is 3.46. The van der Waals surface area contributed by atoms with Crippen LogP contribution in [0.4, 0.5) is 43.9 Å². The van der Waals surface area contributed by atoms with E-state index in [0.29, 0.717) is 0 Å². The average molecular weight is 333 g/mol. The molecule has 0 radical (unpaired) electrons. The molecule has 0 aromatic carbocycles. The second-order valence-electron chi connectivity index (χ2n) is 3.45. The van der Waals surface area contributed by atoms with Gasteiger partial charge in [-0.05, 0) is 0 Å². The summed E-state index contributed by atoms with van der Waals surface area (Å²) in [6.45, 7) is 0. The Morgan fingerprint density at radius 2 is 0.556 bits per heavy atom. The van der Waals surface area contributed by atoms with E-state index in [1.807, 2.05) is 0 Å². The van der Waals surface area contributed by atoms with Crippen LogP contribution in [0.25, 0.3) is 0 Å². The van der Waals surface area contributed by atoms with Gasteiger partial charge in [0.2, 0.25) is 0 Å². The summed E-state index contributed by atoms with van der Waals surface area (Å²) in [5.74, 6) is -27.3. The standard InChI is InChI=1S/C6Cl2F10/c7-1(9)2(8,10)4(13,14)6(17,18)5(15,16)3(1,11)12. The van der Waals surface area contributed by atoms with Gasteiger partial charge in [-0.25, -0.2) is 8.78 Å². The van der Waals surface area contributed by atoms with Gasteiger partial charge in [0.25, 0.3) is 0 Å². The minimum Gasteiger partial charge on any atom is -0.214 e. The summed E-state index contributed by atoms with van der Waals surface area (Å²) in [5, 5.41) is -11.9. The Hall–Kier alpha value is -0.120. The number of rotatable bonds is 0. The van der Waals surface area contributed by atoms with Gasteiger partial charge < -0.3 is 0 Å². The molecule has 108 valence electrons. The van der Waals surface area contributed by atoms with E-state index in [1.54, 1.807) is 0 Å². The Morgan fingerprint density at radius 3 is 0.722 bits per heavy atom. The fourth-order valence-electron chi connectivity index (χ4n) is 1.18. The quantitative estimate of drug-likeness (QED) is 0.457. The summed E-state index contributed by atoms with van der Waals surface area (Å²) < 4.78 is 127. The van der Waals surface area contributed by atoms with Gasteiger partial charge in [0.1, 0.15) is 0 Å². The van der Waals surface area contributed by atoms with Crippen LogP contribution in [0.2, 0.25) is 0 Å². The SMILES string of the molecule is FC1(F)C(F)(F)C(F)(F)C(F)(Cl)C(F)(Cl)C1(F)F. The highest BCUT2D eigenvalue weighted by molar-refractivity contribution is 6.34. The minimum absolute atomic E-state index is 3.93. The zero-order chi connectivity index (χ0) is 15.0. The maximum Gasteiger partial charge on any atom is 0.383 e. The van der Waals surface area contributed by atoms with Crippen molar-refractivity contribution in [3.8, 4) is 0 Å². The molecule has 1 fully saturated rings. The van der Waals surface area contributed by atoms with Gasteiger partial charge in [-0.15, -0.1) is 0 Å². The predicted octanol–water partition coefficient (Wildman–Crippen LogP) is 4.35. The molecule has 0 aliphatic heterocycles. The van der Waals surface area contributed by atoms with Crippen molar-refractivity contribution >= 4 is 23.2 Å². The Balaban J connectivity index is 3.72. The van der Waals surface area contributed by atoms with Gasteiger partial charge in [-0.3, -0.25) is 0 Å². The van der Waals surface area contributed by atoms with Crippen LogP contribution in [-0.2, 0) is 0 Å². The van der Waals surface area contributed by atoms with E-state index in [2.05, 4.69) is 23.2 Å². The molecule has 0 N–H and O–H groups in total. The maximum absolute atomic E-state index is 13.0. The van der Waals surface area contributed by atoms with E-state index in [9.17, 15) is 43.9 Å². The molecular weight excluding hydrogens is 333 g/mol. The number of halogens is 12. The van der Waals surface area contributed by atoms with E-state index in [1.165, 1.54) is 0 Å². The third kappa shape index (κ3) is 1.21. The molecule has 18 heavy (non-hydrogen) atoms. The van der Waals surface area contributed by atoms with Crippen LogP contribution in [0.1, 0.15) is 0 Å². The van der Waals surface area contributed by atoms with E-state index < -0.39 is 33.9 Å². The molecule has 0 aromatic rings. The van der Waals surface area contributed by atoms with Crippen LogP contribution in [-0.4, -0.2) is 33.9 Å². The van der Waals surface area contributed by atoms with Crippen molar-refractivity contribution in [3.05, 3.63) is 0 Å². The van der Waals surface area contributed by atoms with Crippen molar-refractivity contribution in [1.82, 2.24) is 0 Å². The smallest absolute Gasteiger partial charge is 0.214 e. The molecule has 1 rings (SSSR count). The first kappa shape index (κ1) is 15.9. The highest BCUT2D eigenvalue weighted by atomic mass is 35.5. The van der Waals surface area contributed by atoms with Gasteiger partial charge >= 0.3 is 33.9 Å². The van der Waals surface area contributed by atoms with Crippen molar-refractivity contribution in [1.29, 1.82) is 0 Å². The topological polar surface area (TPSA) is 0 Å². The van der Waals surface area contributed by atoms with Crippen molar-refractivity contribution < 1.29 is 43.9 Å². The van der Waals surface area contributed by atoms with Crippen LogP contribution < -0.4 is 0 Å². The number of alkyl halides is 12. The fourth-order valence-corrected chi connectivity index (χ4v) is 1.66. The summed E-state index contributed by atoms with van der Waals surface area (Å²) in [6.07, 6.45) is 0. The minimum atomic E-state index is -6.95. The van der Waals surface area contributed by atoms with Crippen LogP contribution in [0.5, 0.6) is 0 Å². The molecule has 1 aliphatic rings. The Labute approximate surface area is 102 Å². The molecule has 1 saturated carbocycles. The molecule has 0 amide bonds. The summed E-state index contributed by atoms with van der Waals surface area (Å²) in [6, 6.07) is 0. The summed E-state index contributed by atoms with van der Waals surface area (Å²) in [7, 11) is 0. The first-order valence-corrected chi connectivity index (χ1v) is 4.52. The molecule has 1 aliphatic carbocycles. The fraction of sp³-hybridized carbons (Fsp3) is 1.00. The molecule has 0 spiro atoms. The van der Waals surface area contributed by atoms with Gasteiger partial charge in [0.15, 0.2) is 0 Å². The lowest BCUT2D eigenvalue weighted by Crippen LogP contribution is -2.81. The van der Waals surface area contributed by atoms with Crippen LogP contribution >= 0.6 is 23.2 Å². The van der Waals surface area contributed by atoms with E-state index in [0.717, 1.165) is 0 Å². The molecular formula is C6Cl2F10. The highest BCUT2D eigenvalue weighted by Crippen LogP contribution is 2.71. The second kappa shape index (κ2) is 3.31. The lowest BCUT2D eigenvalue weighted by Gasteiger charge is -2.51. The van der Waals surface area contributed by atoms with Crippen LogP contribution in [0.15, 0.2) is 0 Å². The third-order valence-electron chi connectivity index (χ3n) is 2.37. The Morgan fingerprint density at radius 1 is 0.389 bits per heavy atom.